The van der Waals surface area contributed by atoms with Gasteiger partial charge in [-0.15, -0.1) is 0 Å². The van der Waals surface area contributed by atoms with Gasteiger partial charge in [-0.3, -0.25) is 4.79 Å². The van der Waals surface area contributed by atoms with E-state index < -0.39 is 29.5 Å². The number of hydrogen-bond acceptors (Lipinski definition) is 6. The first kappa shape index (κ1) is 31.2. The van der Waals surface area contributed by atoms with Crippen molar-refractivity contribution in [3.05, 3.63) is 76.2 Å². The Morgan fingerprint density at radius 3 is 2.50 bits per heavy atom. The molecule has 1 aliphatic carbocycles. The molecule has 0 bridgehead atoms. The molecule has 1 unspecified atom stereocenters. The van der Waals surface area contributed by atoms with Gasteiger partial charge in [-0.05, 0) is 98.8 Å². The monoisotopic (exact) mass is 612 g/mol. The van der Waals surface area contributed by atoms with Gasteiger partial charge in [0, 0.05) is 13.1 Å². The van der Waals surface area contributed by atoms with E-state index in [9.17, 15) is 33.0 Å². The van der Waals surface area contributed by atoms with E-state index >= 15 is 0 Å². The third-order valence-electron chi connectivity index (χ3n) is 8.35. The number of nitrogens with zero attached hydrogens (tertiary/aromatic N) is 4. The first-order chi connectivity index (χ1) is 20.9. The fourth-order valence-electron chi connectivity index (χ4n) is 6.05. The number of alkyl halides is 3. The molecule has 1 aliphatic heterocycles. The number of benzene rings is 1. The van der Waals surface area contributed by atoms with E-state index in [2.05, 4.69) is 16.1 Å². The predicted molar refractivity (Wildman–Crippen MR) is 156 cm³/mol. The summed E-state index contributed by atoms with van der Waals surface area (Å²) >= 11 is 0. The average molecular weight is 613 g/mol. The molecule has 3 aromatic rings. The Hall–Kier alpha value is -4.19. The van der Waals surface area contributed by atoms with E-state index in [1.54, 1.807) is 17.0 Å². The molecule has 2 aliphatic rings. The van der Waals surface area contributed by atoms with Crippen molar-refractivity contribution in [2.24, 2.45) is 0 Å². The van der Waals surface area contributed by atoms with Crippen molar-refractivity contribution in [1.29, 1.82) is 0 Å². The average Bonchev–Trinajstić information content (AvgIpc) is 3.47. The summed E-state index contributed by atoms with van der Waals surface area (Å²) < 4.78 is 48.2. The number of hydrogen-bond donors (Lipinski definition) is 2. The van der Waals surface area contributed by atoms with Crippen LogP contribution >= 0.6 is 0 Å². The molecule has 234 valence electrons. The van der Waals surface area contributed by atoms with Crippen LogP contribution in [0.3, 0.4) is 0 Å². The zero-order chi connectivity index (χ0) is 31.6. The molecule has 1 fully saturated rings. The van der Waals surface area contributed by atoms with Crippen LogP contribution in [0.5, 0.6) is 5.75 Å². The number of likely N-dealkylation sites (tertiary alicyclic amines) is 1. The quantitative estimate of drug-likeness (QED) is 0.331. The number of piperidine rings is 1. The third kappa shape index (κ3) is 6.64. The van der Waals surface area contributed by atoms with Gasteiger partial charge in [0.1, 0.15) is 24.0 Å². The van der Waals surface area contributed by atoms with E-state index in [1.165, 1.54) is 18.6 Å². The molecule has 2 aromatic heterocycles. The lowest BCUT2D eigenvalue weighted by Crippen LogP contribution is -2.42. The molecule has 5 rings (SSSR count). The lowest BCUT2D eigenvalue weighted by molar-refractivity contribution is -0.143. The predicted octanol–water partition coefficient (Wildman–Crippen LogP) is 5.79. The van der Waals surface area contributed by atoms with E-state index in [0.717, 1.165) is 54.6 Å². The van der Waals surface area contributed by atoms with Gasteiger partial charge in [0.15, 0.2) is 11.5 Å². The summed E-state index contributed by atoms with van der Waals surface area (Å²) in [5.74, 6) is -1.02. The highest BCUT2D eigenvalue weighted by Gasteiger charge is 2.41. The van der Waals surface area contributed by atoms with Gasteiger partial charge in [0.2, 0.25) is 0 Å². The number of carbonyl (C=O) groups is 2. The number of carboxylic acid groups (broad SMARTS) is 1. The number of carbonyl (C=O) groups excluding carboxylic acids is 1. The number of carboxylic acids is 1. The van der Waals surface area contributed by atoms with E-state index in [4.69, 9.17) is 4.74 Å². The smallest absolute Gasteiger partial charge is 0.434 e. The van der Waals surface area contributed by atoms with Crippen molar-refractivity contribution in [1.82, 2.24) is 19.7 Å². The number of rotatable bonds is 8. The second kappa shape index (κ2) is 12.8. The number of aryl methyl sites for hydroxylation is 1. The minimum atomic E-state index is -4.94. The highest BCUT2D eigenvalue weighted by molar-refractivity contribution is 5.89. The second-order valence-electron chi connectivity index (χ2n) is 11.4. The Kier molecular flexibility index (Phi) is 9.10. The molecule has 9 nitrogen and oxygen atoms in total. The number of amides is 1. The van der Waals surface area contributed by atoms with Crippen LogP contribution in [0.2, 0.25) is 0 Å². The SMILES string of the molecule is Cc1cc(C2CCN(C(=O)C(C)O)CC2)ccc1OCC1=C(c2cccc(-n3ncc(C(=O)O)c3C(F)(F)F)n2)CCCC1. The van der Waals surface area contributed by atoms with Gasteiger partial charge in [0.05, 0.1) is 11.9 Å². The van der Waals surface area contributed by atoms with Crippen molar-refractivity contribution in [3.63, 3.8) is 0 Å². The van der Waals surface area contributed by atoms with Crippen LogP contribution < -0.4 is 4.74 Å². The molecule has 2 N–H and O–H groups in total. The highest BCUT2D eigenvalue weighted by atomic mass is 19.4. The fourth-order valence-corrected chi connectivity index (χ4v) is 6.05. The topological polar surface area (TPSA) is 118 Å². The van der Waals surface area contributed by atoms with Crippen molar-refractivity contribution < 1.29 is 37.7 Å². The molecule has 44 heavy (non-hydrogen) atoms. The maximum Gasteiger partial charge on any atom is 0.434 e. The summed E-state index contributed by atoms with van der Waals surface area (Å²) in [6.45, 7) is 5.00. The maximum absolute atomic E-state index is 13.8. The molecule has 1 saturated heterocycles. The van der Waals surface area contributed by atoms with Crippen LogP contribution in [0.4, 0.5) is 13.2 Å². The Morgan fingerprint density at radius 2 is 1.84 bits per heavy atom. The molecule has 0 radical (unpaired) electrons. The van der Waals surface area contributed by atoms with Crippen LogP contribution in [0, 0.1) is 6.92 Å². The van der Waals surface area contributed by atoms with Gasteiger partial charge < -0.3 is 19.8 Å². The summed E-state index contributed by atoms with van der Waals surface area (Å²) in [6, 6.07) is 10.8. The Labute approximate surface area is 253 Å². The van der Waals surface area contributed by atoms with Crippen LogP contribution in [0.15, 0.2) is 48.2 Å². The molecule has 0 saturated carbocycles. The van der Waals surface area contributed by atoms with Crippen molar-refractivity contribution in [2.45, 2.75) is 70.6 Å². The summed E-state index contributed by atoms with van der Waals surface area (Å²) in [5.41, 5.74) is 2.28. The van der Waals surface area contributed by atoms with E-state index in [-0.39, 0.29) is 11.7 Å². The molecule has 0 spiro atoms. The molecule has 1 aromatic carbocycles. The van der Waals surface area contributed by atoms with Gasteiger partial charge in [-0.25, -0.2) is 14.5 Å². The number of aromatic nitrogens is 3. The fraction of sp³-hybridized carbons (Fsp3) is 0.438. The van der Waals surface area contributed by atoms with Crippen molar-refractivity contribution in [2.75, 3.05) is 19.7 Å². The van der Waals surface area contributed by atoms with Crippen LogP contribution in [0.25, 0.3) is 11.4 Å². The summed E-state index contributed by atoms with van der Waals surface area (Å²) in [4.78, 5) is 29.7. The number of halogens is 3. The van der Waals surface area contributed by atoms with Crippen molar-refractivity contribution in [3.8, 4) is 11.6 Å². The minimum absolute atomic E-state index is 0.117. The largest absolute Gasteiger partial charge is 0.489 e. The number of aliphatic hydroxyl groups excluding tert-OH is 1. The Balaban J connectivity index is 1.33. The Morgan fingerprint density at radius 1 is 1.11 bits per heavy atom. The van der Waals surface area contributed by atoms with Gasteiger partial charge in [-0.2, -0.15) is 18.3 Å². The molecule has 3 heterocycles. The first-order valence-electron chi connectivity index (χ1n) is 14.7. The molecular weight excluding hydrogens is 577 g/mol. The number of pyridine rings is 1. The molecule has 12 heteroatoms. The lowest BCUT2D eigenvalue weighted by Gasteiger charge is -2.33. The normalized spacial score (nSPS) is 17.1. The highest BCUT2D eigenvalue weighted by Crippen LogP contribution is 2.36. The summed E-state index contributed by atoms with van der Waals surface area (Å²) in [6.07, 6.45) is -0.289. The molecular formula is C32H35F3N4O5. The van der Waals surface area contributed by atoms with E-state index in [1.807, 2.05) is 19.1 Å². The van der Waals surface area contributed by atoms with Crippen LogP contribution in [-0.2, 0) is 11.0 Å². The summed E-state index contributed by atoms with van der Waals surface area (Å²) in [5, 5.41) is 22.6. The standard InChI is InChI=1S/C32H35F3N4O5/c1-19-16-22(21-12-14-38(15-13-21)30(41)20(2)40)10-11-27(19)44-18-23-6-3-4-7-24(23)26-8-5-9-28(37-26)39-29(32(33,34)35)25(17-36-39)31(42)43/h5,8-11,16-17,20-21,40H,3-4,6-7,12-15,18H2,1-2H3,(H,42,43). The first-order valence-corrected chi connectivity index (χ1v) is 14.7. The van der Waals surface area contributed by atoms with Crippen LogP contribution in [0.1, 0.15) is 84.2 Å². The molecule has 1 atom stereocenters. The zero-order valence-corrected chi connectivity index (χ0v) is 24.6. The van der Waals surface area contributed by atoms with Crippen LogP contribution in [-0.4, -0.2) is 67.6 Å². The number of allylic oxidation sites excluding steroid dienone is 1. The zero-order valence-electron chi connectivity index (χ0n) is 24.6. The van der Waals surface area contributed by atoms with Crippen molar-refractivity contribution >= 4 is 17.4 Å². The van der Waals surface area contributed by atoms with E-state index in [0.29, 0.717) is 48.6 Å². The molecule has 1 amide bonds. The number of ether oxygens (including phenoxy) is 1. The maximum atomic E-state index is 13.8. The minimum Gasteiger partial charge on any atom is -0.489 e. The van der Waals surface area contributed by atoms with Gasteiger partial charge >= 0.3 is 12.1 Å². The summed E-state index contributed by atoms with van der Waals surface area (Å²) in [7, 11) is 0. The van der Waals surface area contributed by atoms with Gasteiger partial charge in [0.25, 0.3) is 5.91 Å². The number of aliphatic hydroxyl groups is 1. The van der Waals surface area contributed by atoms with Gasteiger partial charge in [-0.1, -0.05) is 18.2 Å². The lowest BCUT2D eigenvalue weighted by atomic mass is 9.88. The third-order valence-corrected chi connectivity index (χ3v) is 8.35. The second-order valence-corrected chi connectivity index (χ2v) is 11.4. The number of aromatic carboxylic acids is 1. The Bertz CT molecular complexity index is 1570.